The smallest absolute Gasteiger partial charge is 0.137 e. The maximum Gasteiger partial charge on any atom is 0.137 e. The number of aldehydes is 1. The minimum atomic E-state index is -0.368. The summed E-state index contributed by atoms with van der Waals surface area (Å²) in [6.45, 7) is 2.03. The van der Waals surface area contributed by atoms with E-state index in [-0.39, 0.29) is 6.04 Å². The van der Waals surface area contributed by atoms with Gasteiger partial charge in [0.25, 0.3) is 0 Å². The lowest BCUT2D eigenvalue weighted by Crippen LogP contribution is -2.23. The van der Waals surface area contributed by atoms with E-state index in [0.717, 1.165) is 11.8 Å². The Morgan fingerprint density at radius 3 is 2.50 bits per heavy atom. The molecule has 2 N–H and O–H groups in total. The van der Waals surface area contributed by atoms with Crippen LogP contribution in [-0.4, -0.2) is 12.3 Å². The topological polar surface area (TPSA) is 43.1 Å². The van der Waals surface area contributed by atoms with Gasteiger partial charge in [-0.2, -0.15) is 0 Å². The third-order valence-electron chi connectivity index (χ3n) is 1.77. The predicted octanol–water partition coefficient (Wildman–Crippen LogP) is 1.06. The fraction of sp³-hybridized carbons (Fsp3) is 0.300. The summed E-state index contributed by atoms with van der Waals surface area (Å²) in [5.74, 6) is 0. The minimum absolute atomic E-state index is 0.368. The standard InChI is InChI=1S/C10H13NO/c1-8-2-4-9(5-3-8)6-10(11)7-12/h2-5,7,10H,6,11H2,1H3. The van der Waals surface area contributed by atoms with Crippen LogP contribution in [0.4, 0.5) is 0 Å². The summed E-state index contributed by atoms with van der Waals surface area (Å²) >= 11 is 0. The van der Waals surface area contributed by atoms with E-state index >= 15 is 0 Å². The van der Waals surface area contributed by atoms with Crippen LogP contribution in [0.1, 0.15) is 11.1 Å². The number of hydrogen-bond acceptors (Lipinski definition) is 2. The average molecular weight is 163 g/mol. The molecule has 1 unspecified atom stereocenters. The molecule has 2 nitrogen and oxygen atoms in total. The normalized spacial score (nSPS) is 12.5. The van der Waals surface area contributed by atoms with Crippen LogP contribution >= 0.6 is 0 Å². The van der Waals surface area contributed by atoms with Gasteiger partial charge in [-0.3, -0.25) is 0 Å². The second kappa shape index (κ2) is 4.02. The van der Waals surface area contributed by atoms with Crippen molar-refractivity contribution in [3.63, 3.8) is 0 Å². The Kier molecular flexibility index (Phi) is 3.00. The van der Waals surface area contributed by atoms with E-state index in [9.17, 15) is 4.79 Å². The Balaban J connectivity index is 2.64. The van der Waals surface area contributed by atoms with Gasteiger partial charge < -0.3 is 10.5 Å². The first-order valence-electron chi connectivity index (χ1n) is 3.99. The molecule has 1 aromatic rings. The zero-order chi connectivity index (χ0) is 8.97. The van der Waals surface area contributed by atoms with Crippen LogP contribution in [0, 0.1) is 6.92 Å². The van der Waals surface area contributed by atoms with Gasteiger partial charge in [-0.25, -0.2) is 0 Å². The Bertz CT molecular complexity index is 253. The molecule has 2 heteroatoms. The maximum atomic E-state index is 10.3. The number of carbonyl (C=O) groups is 1. The van der Waals surface area contributed by atoms with Crippen LogP contribution in [0.2, 0.25) is 0 Å². The van der Waals surface area contributed by atoms with E-state index in [0.29, 0.717) is 6.42 Å². The molecule has 0 bridgehead atoms. The van der Waals surface area contributed by atoms with Crippen molar-refractivity contribution in [3.8, 4) is 0 Å². The number of carbonyl (C=O) groups excluding carboxylic acids is 1. The first-order chi connectivity index (χ1) is 5.72. The molecule has 64 valence electrons. The van der Waals surface area contributed by atoms with Crippen molar-refractivity contribution in [3.05, 3.63) is 35.4 Å². The molecule has 1 rings (SSSR count). The van der Waals surface area contributed by atoms with Crippen molar-refractivity contribution in [1.29, 1.82) is 0 Å². The van der Waals surface area contributed by atoms with E-state index in [1.54, 1.807) is 0 Å². The highest BCUT2D eigenvalue weighted by Crippen LogP contribution is 2.04. The fourth-order valence-electron chi connectivity index (χ4n) is 1.04. The summed E-state index contributed by atoms with van der Waals surface area (Å²) in [6.07, 6.45) is 1.41. The van der Waals surface area contributed by atoms with Crippen molar-refractivity contribution in [2.24, 2.45) is 5.73 Å². The maximum absolute atomic E-state index is 10.3. The molecule has 0 aliphatic rings. The SMILES string of the molecule is Cc1ccc(CC(N)C=O)cc1. The highest BCUT2D eigenvalue weighted by molar-refractivity contribution is 5.57. The van der Waals surface area contributed by atoms with Gasteiger partial charge in [0.05, 0.1) is 6.04 Å². The van der Waals surface area contributed by atoms with Gasteiger partial charge >= 0.3 is 0 Å². The third-order valence-corrected chi connectivity index (χ3v) is 1.77. The number of benzene rings is 1. The van der Waals surface area contributed by atoms with Gasteiger partial charge in [0.15, 0.2) is 0 Å². The molecule has 0 radical (unpaired) electrons. The molecule has 0 saturated heterocycles. The quantitative estimate of drug-likeness (QED) is 0.677. The number of nitrogens with two attached hydrogens (primary N) is 1. The molecule has 0 aliphatic carbocycles. The fourth-order valence-corrected chi connectivity index (χ4v) is 1.04. The summed E-state index contributed by atoms with van der Waals surface area (Å²) in [5, 5.41) is 0. The van der Waals surface area contributed by atoms with E-state index in [4.69, 9.17) is 5.73 Å². The number of aryl methyl sites for hydroxylation is 1. The molecule has 0 spiro atoms. The molecule has 12 heavy (non-hydrogen) atoms. The highest BCUT2D eigenvalue weighted by atomic mass is 16.1. The second-order valence-corrected chi connectivity index (χ2v) is 2.99. The first kappa shape index (κ1) is 8.94. The first-order valence-corrected chi connectivity index (χ1v) is 3.99. The van der Waals surface area contributed by atoms with E-state index < -0.39 is 0 Å². The molecule has 0 aromatic heterocycles. The highest BCUT2D eigenvalue weighted by Gasteiger charge is 2.00. The molecule has 0 heterocycles. The molecule has 0 fully saturated rings. The predicted molar refractivity (Wildman–Crippen MR) is 48.9 cm³/mol. The summed E-state index contributed by atoms with van der Waals surface area (Å²) < 4.78 is 0. The molecule has 1 atom stereocenters. The van der Waals surface area contributed by atoms with Crippen LogP contribution in [-0.2, 0) is 11.2 Å². The lowest BCUT2D eigenvalue weighted by atomic mass is 10.1. The molecule has 0 saturated carbocycles. The van der Waals surface area contributed by atoms with Crippen LogP contribution < -0.4 is 5.73 Å². The molecule has 1 aromatic carbocycles. The van der Waals surface area contributed by atoms with Gasteiger partial charge in [-0.1, -0.05) is 29.8 Å². The Hall–Kier alpha value is -1.15. The molecule has 0 amide bonds. The Morgan fingerprint density at radius 2 is 2.00 bits per heavy atom. The number of rotatable bonds is 3. The summed E-state index contributed by atoms with van der Waals surface area (Å²) in [5.41, 5.74) is 7.81. The van der Waals surface area contributed by atoms with Gasteiger partial charge in [0, 0.05) is 0 Å². The average Bonchev–Trinajstić information content (AvgIpc) is 2.09. The van der Waals surface area contributed by atoms with Gasteiger partial charge in [0.1, 0.15) is 6.29 Å². The van der Waals surface area contributed by atoms with Crippen molar-refractivity contribution in [1.82, 2.24) is 0 Å². The molecular weight excluding hydrogens is 150 g/mol. The van der Waals surface area contributed by atoms with E-state index in [1.165, 1.54) is 5.56 Å². The Morgan fingerprint density at radius 1 is 1.42 bits per heavy atom. The second-order valence-electron chi connectivity index (χ2n) is 2.99. The zero-order valence-corrected chi connectivity index (χ0v) is 7.16. The minimum Gasteiger partial charge on any atom is -0.321 e. The van der Waals surface area contributed by atoms with Gasteiger partial charge in [0.2, 0.25) is 0 Å². The zero-order valence-electron chi connectivity index (χ0n) is 7.16. The molecular formula is C10H13NO. The Labute approximate surface area is 72.4 Å². The third kappa shape index (κ3) is 2.47. The van der Waals surface area contributed by atoms with Crippen molar-refractivity contribution >= 4 is 6.29 Å². The summed E-state index contributed by atoms with van der Waals surface area (Å²) in [4.78, 5) is 10.3. The van der Waals surface area contributed by atoms with Crippen molar-refractivity contribution in [2.45, 2.75) is 19.4 Å². The lowest BCUT2D eigenvalue weighted by molar-refractivity contribution is -0.108. The molecule has 0 aliphatic heterocycles. The van der Waals surface area contributed by atoms with Crippen LogP contribution in [0.5, 0.6) is 0 Å². The van der Waals surface area contributed by atoms with Crippen molar-refractivity contribution in [2.75, 3.05) is 0 Å². The monoisotopic (exact) mass is 163 g/mol. The van der Waals surface area contributed by atoms with Crippen molar-refractivity contribution < 1.29 is 4.79 Å². The van der Waals surface area contributed by atoms with E-state index in [2.05, 4.69) is 0 Å². The van der Waals surface area contributed by atoms with Gasteiger partial charge in [-0.05, 0) is 18.9 Å². The lowest BCUT2D eigenvalue weighted by Gasteiger charge is -2.03. The van der Waals surface area contributed by atoms with Crippen LogP contribution in [0.15, 0.2) is 24.3 Å². The van der Waals surface area contributed by atoms with Gasteiger partial charge in [-0.15, -0.1) is 0 Å². The largest absolute Gasteiger partial charge is 0.321 e. The summed E-state index contributed by atoms with van der Waals surface area (Å²) in [6, 6.07) is 7.67. The van der Waals surface area contributed by atoms with Crippen LogP contribution in [0.25, 0.3) is 0 Å². The summed E-state index contributed by atoms with van der Waals surface area (Å²) in [7, 11) is 0. The van der Waals surface area contributed by atoms with E-state index in [1.807, 2.05) is 31.2 Å². The van der Waals surface area contributed by atoms with Crippen LogP contribution in [0.3, 0.4) is 0 Å². The number of hydrogen-bond donors (Lipinski definition) is 1.